The smallest absolute Gasteiger partial charge is 0.171 e. The Kier molecular flexibility index (Phi) is 19.0. The van der Waals surface area contributed by atoms with Gasteiger partial charge in [0.15, 0.2) is 0 Å². The summed E-state index contributed by atoms with van der Waals surface area (Å²) in [5, 5.41) is 5.17. The zero-order valence-electron chi connectivity index (χ0n) is 26.9. The topological polar surface area (TPSA) is 25.8 Å². The molecule has 8 aromatic rings. The van der Waals surface area contributed by atoms with Crippen LogP contribution < -0.4 is 0 Å². The number of pyridine rings is 2. The summed E-state index contributed by atoms with van der Waals surface area (Å²) in [4.78, 5) is 8.82. The number of benzene rings is 4. The second-order valence-electron chi connectivity index (χ2n) is 10.3. The van der Waals surface area contributed by atoms with Gasteiger partial charge in [0.1, 0.15) is 0 Å². The van der Waals surface area contributed by atoms with E-state index in [9.17, 15) is 0 Å². The van der Waals surface area contributed by atoms with Crippen molar-refractivity contribution in [2.75, 3.05) is 0 Å². The summed E-state index contributed by atoms with van der Waals surface area (Å²) in [6.07, 6.45) is 3.67. The maximum atomic E-state index is 4.41. The number of hydrogen-bond acceptors (Lipinski definition) is 2. The van der Waals surface area contributed by atoms with Crippen LogP contribution in [0.2, 0.25) is 0 Å². The van der Waals surface area contributed by atoms with Crippen molar-refractivity contribution >= 4 is 53.2 Å². The summed E-state index contributed by atoms with van der Waals surface area (Å²) in [6, 6.07) is 58.6. The summed E-state index contributed by atoms with van der Waals surface area (Å²) >= 11 is 1.36. The van der Waals surface area contributed by atoms with Gasteiger partial charge < -0.3 is 0 Å². The van der Waals surface area contributed by atoms with Crippen LogP contribution in [0.25, 0.3) is 44.1 Å². The van der Waals surface area contributed by atoms with Gasteiger partial charge in [-0.25, -0.2) is 0 Å². The number of nitrogens with zero attached hydrogens (tertiary/aromatic N) is 2. The molecule has 2 heterocycles. The van der Waals surface area contributed by atoms with Crippen LogP contribution in [-0.4, -0.2) is 16.8 Å². The third kappa shape index (κ3) is 12.3. The van der Waals surface area contributed by atoms with Crippen LogP contribution in [0.15, 0.2) is 170 Å². The largest absolute Gasteiger partial charge is 0.184 e. The molecule has 0 aliphatic heterocycles. The van der Waals surface area contributed by atoms with Crippen molar-refractivity contribution in [1.82, 2.24) is 9.97 Å². The van der Waals surface area contributed by atoms with E-state index in [2.05, 4.69) is 116 Å². The minimum absolute atomic E-state index is 0. The zero-order chi connectivity index (χ0) is 32.4. The number of fused-ring (bicyclic) bond motifs is 2. The number of hydrogen-bond donors (Lipinski definition) is 0. The SMILES string of the molecule is Cc1cc2c(-c3ccccn3)cccc2[cH-]1.Cc1cc2c(-c3ccccn3)cccc2[cH-]1.Cl.Cl.[Si]=[Zr].[c-]1ccccc1.[c-]1ccccc1. The van der Waals surface area contributed by atoms with Gasteiger partial charge in [-0.05, 0) is 35.4 Å². The number of aromatic nitrogens is 2. The average molecular weight is 759 g/mol. The van der Waals surface area contributed by atoms with Crippen LogP contribution in [0.5, 0.6) is 0 Å². The zero-order valence-corrected chi connectivity index (χ0v) is 32.0. The first-order valence-corrected chi connectivity index (χ1v) is 19.1. The van der Waals surface area contributed by atoms with Gasteiger partial charge in [0.2, 0.25) is 0 Å². The second-order valence-corrected chi connectivity index (χ2v) is 10.3. The number of halogens is 2. The molecule has 0 fully saturated rings. The quantitative estimate of drug-likeness (QED) is 0.130. The second kappa shape index (κ2) is 22.6. The predicted molar refractivity (Wildman–Crippen MR) is 206 cm³/mol. The first kappa shape index (κ1) is 40.3. The van der Waals surface area contributed by atoms with Gasteiger partial charge in [-0.2, -0.15) is 84.9 Å². The normalized spacial score (nSPS) is 9.27. The van der Waals surface area contributed by atoms with Crippen LogP contribution in [0.4, 0.5) is 0 Å². The summed E-state index contributed by atoms with van der Waals surface area (Å²) in [6.45, 7) is 7.32. The van der Waals surface area contributed by atoms with E-state index < -0.39 is 0 Å². The predicted octanol–water partition coefficient (Wildman–Crippen LogP) is 11.3. The van der Waals surface area contributed by atoms with E-state index in [-0.39, 0.29) is 24.8 Å². The Hall–Kier alpha value is -3.92. The molecule has 2 aromatic heterocycles. The molecule has 0 unspecified atom stereocenters. The average Bonchev–Trinajstić information content (AvgIpc) is 3.73. The fraction of sp³-hybridized carbons (Fsp3) is 0.0476. The first-order chi connectivity index (χ1) is 22.7. The van der Waals surface area contributed by atoms with E-state index in [4.69, 9.17) is 0 Å². The molecule has 2 nitrogen and oxygen atoms in total. The van der Waals surface area contributed by atoms with Crippen LogP contribution in [0.3, 0.4) is 0 Å². The van der Waals surface area contributed by atoms with Gasteiger partial charge in [0, 0.05) is 12.4 Å². The Morgan fingerprint density at radius 1 is 0.500 bits per heavy atom. The summed E-state index contributed by atoms with van der Waals surface area (Å²) < 4.78 is 0. The van der Waals surface area contributed by atoms with Crippen molar-refractivity contribution in [2.24, 2.45) is 0 Å². The van der Waals surface area contributed by atoms with E-state index in [0.29, 0.717) is 0 Å². The Labute approximate surface area is 314 Å². The van der Waals surface area contributed by atoms with E-state index in [1.165, 1.54) is 67.1 Å². The number of aryl methyl sites for hydroxylation is 2. The maximum Gasteiger partial charge on any atom is -0.171 e. The van der Waals surface area contributed by atoms with Crippen LogP contribution in [0, 0.1) is 26.0 Å². The van der Waals surface area contributed by atoms with Crippen molar-refractivity contribution in [3.05, 3.63) is 193 Å². The van der Waals surface area contributed by atoms with E-state index in [0.717, 1.165) is 11.4 Å². The van der Waals surface area contributed by atoms with E-state index >= 15 is 0 Å². The van der Waals surface area contributed by atoms with Gasteiger partial charge in [-0.15, -0.1) is 93.9 Å². The first-order valence-electron chi connectivity index (χ1n) is 14.9. The monoisotopic (exact) mass is 756 g/mol. The van der Waals surface area contributed by atoms with Crippen molar-refractivity contribution in [3.8, 4) is 22.5 Å². The van der Waals surface area contributed by atoms with Crippen molar-refractivity contribution in [2.45, 2.75) is 13.8 Å². The third-order valence-electron chi connectivity index (χ3n) is 6.89. The van der Waals surface area contributed by atoms with Crippen molar-refractivity contribution in [1.29, 1.82) is 0 Å². The van der Waals surface area contributed by atoms with Gasteiger partial charge in [-0.1, -0.05) is 38.1 Å². The standard InChI is InChI=1S/2C15H12N.2C6H5.2ClH.Si.Zr/c2*1-11-9-12-5-4-6-13(14(12)10-11)15-7-2-3-8-16-15;2*1-2-4-6-5-3-1;;;;/h2*2-10H,1H3;2*1-5H;2*1H;;/q4*-1;;;;. The molecule has 0 saturated heterocycles. The molecule has 0 aliphatic carbocycles. The summed E-state index contributed by atoms with van der Waals surface area (Å²) in [5.74, 6) is 0. The van der Waals surface area contributed by atoms with Gasteiger partial charge in [0.05, 0.1) is 11.4 Å². The molecule has 48 heavy (non-hydrogen) atoms. The molecule has 0 bridgehead atoms. The molecular weight excluding hydrogens is 723 g/mol. The van der Waals surface area contributed by atoms with Gasteiger partial charge in [0.25, 0.3) is 0 Å². The fourth-order valence-electron chi connectivity index (χ4n) is 4.94. The molecule has 0 spiro atoms. The summed E-state index contributed by atoms with van der Waals surface area (Å²) in [7, 11) is 0. The van der Waals surface area contributed by atoms with Crippen LogP contribution >= 0.6 is 24.8 Å². The summed E-state index contributed by atoms with van der Waals surface area (Å²) in [5.41, 5.74) is 7.12. The molecule has 6 heteroatoms. The van der Waals surface area contributed by atoms with Crippen LogP contribution in [0.1, 0.15) is 11.1 Å². The van der Waals surface area contributed by atoms with Crippen molar-refractivity contribution in [3.63, 3.8) is 0 Å². The molecular formula is C42H36Cl2N2SiZr-4. The number of rotatable bonds is 2. The van der Waals surface area contributed by atoms with Crippen molar-refractivity contribution < 1.29 is 23.3 Å². The Bertz CT molecular complexity index is 1800. The van der Waals surface area contributed by atoms with Crippen LogP contribution in [-0.2, 0) is 23.3 Å². The van der Waals surface area contributed by atoms with E-state index in [1.54, 1.807) is 0 Å². The van der Waals surface area contributed by atoms with Gasteiger partial charge >= 0.3 is 30.2 Å². The van der Waals surface area contributed by atoms with Gasteiger partial charge in [-0.3, -0.25) is 9.97 Å². The molecule has 0 N–H and O–H groups in total. The third-order valence-corrected chi connectivity index (χ3v) is 6.89. The molecule has 2 radical (unpaired) electrons. The molecule has 6 aromatic carbocycles. The molecule has 0 saturated carbocycles. The molecule has 240 valence electrons. The minimum Gasteiger partial charge on any atom is -0.184 e. The Morgan fingerprint density at radius 2 is 0.896 bits per heavy atom. The molecule has 0 amide bonds. The molecule has 0 aliphatic rings. The van der Waals surface area contributed by atoms with E-state index in [1.807, 2.05) is 97.3 Å². The maximum absolute atomic E-state index is 4.41. The molecule has 8 rings (SSSR count). The fourth-order valence-corrected chi connectivity index (χ4v) is 4.94. The minimum atomic E-state index is 0. The Morgan fingerprint density at radius 3 is 1.19 bits per heavy atom. The Balaban J connectivity index is 0.000000234. The molecule has 0 atom stereocenters.